The number of nitrogens with zero attached hydrogens (tertiary/aromatic N) is 1. The number of hydrogen-bond acceptors (Lipinski definition) is 4. The molecule has 1 amide bonds. The predicted molar refractivity (Wildman–Crippen MR) is 81.1 cm³/mol. The molecule has 0 radical (unpaired) electrons. The molecule has 3 atom stereocenters. The highest BCUT2D eigenvalue weighted by molar-refractivity contribution is 7.11. The van der Waals surface area contributed by atoms with Gasteiger partial charge in [0.1, 0.15) is 0 Å². The third kappa shape index (κ3) is 3.50. The van der Waals surface area contributed by atoms with Crippen LogP contribution in [-0.4, -0.2) is 22.0 Å². The number of thiazole rings is 1. The minimum Gasteiger partial charge on any atom is -0.481 e. The number of nitrogens with one attached hydrogen (secondary N) is 1. The van der Waals surface area contributed by atoms with Gasteiger partial charge in [0.15, 0.2) is 0 Å². The highest BCUT2D eigenvalue weighted by Gasteiger charge is 2.34. The molecule has 3 unspecified atom stereocenters. The molecule has 1 aliphatic carbocycles. The maximum absolute atomic E-state index is 12.4. The van der Waals surface area contributed by atoms with Gasteiger partial charge in [0, 0.05) is 4.88 Å². The number of aryl methyl sites for hydroxylation is 2. The first-order valence-electron chi connectivity index (χ1n) is 7.02. The molecule has 0 aromatic carbocycles. The molecule has 0 aliphatic heterocycles. The molecule has 2 N–H and O–H groups in total. The van der Waals surface area contributed by atoms with Gasteiger partial charge in [0.25, 0.3) is 0 Å². The van der Waals surface area contributed by atoms with Crippen molar-refractivity contribution in [3.63, 3.8) is 0 Å². The summed E-state index contributed by atoms with van der Waals surface area (Å²) in [6.45, 7) is 5.76. The number of aliphatic carboxylic acids is 1. The van der Waals surface area contributed by atoms with Crippen LogP contribution >= 0.6 is 11.3 Å². The van der Waals surface area contributed by atoms with Gasteiger partial charge in [-0.25, -0.2) is 4.98 Å². The summed E-state index contributed by atoms with van der Waals surface area (Å²) < 4.78 is 0. The molecule has 2 rings (SSSR count). The van der Waals surface area contributed by atoms with Gasteiger partial charge in [-0.05, 0) is 33.6 Å². The average molecular weight is 308 g/mol. The smallest absolute Gasteiger partial charge is 0.307 e. The fraction of sp³-hybridized carbons (Fsp3) is 0.533. The van der Waals surface area contributed by atoms with Crippen LogP contribution in [0.1, 0.15) is 41.4 Å². The molecule has 6 heteroatoms. The van der Waals surface area contributed by atoms with Crippen LogP contribution in [0, 0.1) is 25.7 Å². The number of carboxylic acids is 1. The van der Waals surface area contributed by atoms with E-state index >= 15 is 0 Å². The Kier molecular flexibility index (Phi) is 4.77. The highest BCUT2D eigenvalue weighted by atomic mass is 32.1. The van der Waals surface area contributed by atoms with E-state index in [9.17, 15) is 14.7 Å². The maximum atomic E-state index is 12.4. The maximum Gasteiger partial charge on any atom is 0.307 e. The van der Waals surface area contributed by atoms with Crippen LogP contribution in [0.15, 0.2) is 12.2 Å². The first-order chi connectivity index (χ1) is 9.90. The molecule has 0 fully saturated rings. The third-order valence-electron chi connectivity index (χ3n) is 3.78. The van der Waals surface area contributed by atoms with Crippen LogP contribution in [0.5, 0.6) is 0 Å². The van der Waals surface area contributed by atoms with Gasteiger partial charge in [-0.15, -0.1) is 11.3 Å². The summed E-state index contributed by atoms with van der Waals surface area (Å²) in [6.07, 6.45) is 4.62. The quantitative estimate of drug-likeness (QED) is 0.838. The van der Waals surface area contributed by atoms with Gasteiger partial charge in [-0.1, -0.05) is 12.2 Å². The molecule has 1 aliphatic rings. The standard InChI is InChI=1S/C15H20N2O3S/c1-8-13(21-10(3)16-8)9(2)17-14(18)11-6-4-5-7-12(11)15(19)20/h4-5,9,11-12H,6-7H2,1-3H3,(H,17,18)(H,19,20). The lowest BCUT2D eigenvalue weighted by Crippen LogP contribution is -2.39. The minimum atomic E-state index is -0.906. The number of carboxylic acid groups (broad SMARTS) is 1. The molecule has 5 nitrogen and oxygen atoms in total. The number of hydrogen-bond donors (Lipinski definition) is 2. The van der Waals surface area contributed by atoms with Gasteiger partial charge < -0.3 is 10.4 Å². The summed E-state index contributed by atoms with van der Waals surface area (Å²) in [5, 5.41) is 13.1. The van der Waals surface area contributed by atoms with Crippen molar-refractivity contribution in [2.45, 2.75) is 39.7 Å². The second kappa shape index (κ2) is 6.39. The second-order valence-electron chi connectivity index (χ2n) is 5.41. The molecule has 21 heavy (non-hydrogen) atoms. The lowest BCUT2D eigenvalue weighted by atomic mass is 9.82. The molecule has 0 bridgehead atoms. The molecule has 0 spiro atoms. The van der Waals surface area contributed by atoms with E-state index in [1.807, 2.05) is 32.9 Å². The van der Waals surface area contributed by atoms with Crippen LogP contribution in [0.3, 0.4) is 0 Å². The number of carbonyl (C=O) groups is 2. The summed E-state index contributed by atoms with van der Waals surface area (Å²) in [5.74, 6) is -2.22. The molecular formula is C15H20N2O3S. The van der Waals surface area contributed by atoms with Gasteiger partial charge in [-0.3, -0.25) is 9.59 Å². The first kappa shape index (κ1) is 15.7. The molecule has 1 aromatic heterocycles. The normalized spacial score (nSPS) is 22.8. The van der Waals surface area contributed by atoms with Crippen molar-refractivity contribution in [2.75, 3.05) is 0 Å². The van der Waals surface area contributed by atoms with Gasteiger partial charge in [0.05, 0.1) is 28.6 Å². The zero-order valence-corrected chi connectivity index (χ0v) is 13.2. The van der Waals surface area contributed by atoms with E-state index in [0.29, 0.717) is 12.8 Å². The van der Waals surface area contributed by atoms with Crippen LogP contribution in [0.2, 0.25) is 0 Å². The fourth-order valence-electron chi connectivity index (χ4n) is 2.71. The molecule has 114 valence electrons. The van der Waals surface area contributed by atoms with Crippen molar-refractivity contribution in [2.24, 2.45) is 11.8 Å². The largest absolute Gasteiger partial charge is 0.481 e. The zero-order valence-electron chi connectivity index (χ0n) is 12.4. The summed E-state index contributed by atoms with van der Waals surface area (Å²) in [5.41, 5.74) is 0.920. The Morgan fingerprint density at radius 1 is 1.33 bits per heavy atom. The summed E-state index contributed by atoms with van der Waals surface area (Å²) in [4.78, 5) is 29.0. The van der Waals surface area contributed by atoms with E-state index in [2.05, 4.69) is 10.3 Å². The van der Waals surface area contributed by atoms with Crippen LogP contribution < -0.4 is 5.32 Å². The zero-order chi connectivity index (χ0) is 15.6. The molecule has 1 aromatic rings. The van der Waals surface area contributed by atoms with Crippen LogP contribution in [0.4, 0.5) is 0 Å². The number of allylic oxidation sites excluding steroid dienone is 2. The van der Waals surface area contributed by atoms with E-state index in [0.717, 1.165) is 15.6 Å². The fourth-order valence-corrected chi connectivity index (χ4v) is 3.64. The number of carbonyl (C=O) groups excluding carboxylic acids is 1. The van der Waals surface area contributed by atoms with Crippen molar-refractivity contribution in [1.82, 2.24) is 10.3 Å². The topological polar surface area (TPSA) is 79.3 Å². The van der Waals surface area contributed by atoms with Crippen molar-refractivity contribution in [3.05, 3.63) is 27.7 Å². The Bertz CT molecular complexity index is 579. The highest BCUT2D eigenvalue weighted by Crippen LogP contribution is 2.29. The SMILES string of the molecule is Cc1nc(C)c(C(C)NC(=O)C2CC=CCC2C(=O)O)s1. The van der Waals surface area contributed by atoms with Crippen molar-refractivity contribution in [1.29, 1.82) is 0 Å². The van der Waals surface area contributed by atoms with E-state index in [1.54, 1.807) is 11.3 Å². The lowest BCUT2D eigenvalue weighted by molar-refractivity contribution is -0.147. The average Bonchev–Trinajstić information content (AvgIpc) is 2.77. The molecular weight excluding hydrogens is 288 g/mol. The monoisotopic (exact) mass is 308 g/mol. The molecule has 0 saturated carbocycles. The van der Waals surface area contributed by atoms with Crippen LogP contribution in [0.25, 0.3) is 0 Å². The van der Waals surface area contributed by atoms with E-state index < -0.39 is 17.8 Å². The van der Waals surface area contributed by atoms with Crippen molar-refractivity contribution in [3.8, 4) is 0 Å². The van der Waals surface area contributed by atoms with E-state index in [-0.39, 0.29) is 11.9 Å². The Hall–Kier alpha value is -1.69. The Morgan fingerprint density at radius 2 is 1.95 bits per heavy atom. The predicted octanol–water partition coefficient (Wildman–Crippen LogP) is 2.60. The minimum absolute atomic E-state index is 0.149. The first-order valence-corrected chi connectivity index (χ1v) is 7.84. The van der Waals surface area contributed by atoms with Gasteiger partial charge in [-0.2, -0.15) is 0 Å². The third-order valence-corrected chi connectivity index (χ3v) is 5.03. The number of aromatic nitrogens is 1. The Labute approximate surface area is 128 Å². The van der Waals surface area contributed by atoms with Crippen molar-refractivity contribution < 1.29 is 14.7 Å². The van der Waals surface area contributed by atoms with Gasteiger partial charge in [0.2, 0.25) is 5.91 Å². The van der Waals surface area contributed by atoms with Gasteiger partial charge >= 0.3 is 5.97 Å². The lowest BCUT2D eigenvalue weighted by Gasteiger charge is -2.25. The molecule has 1 heterocycles. The Balaban J connectivity index is 2.08. The van der Waals surface area contributed by atoms with Crippen molar-refractivity contribution >= 4 is 23.2 Å². The summed E-state index contributed by atoms with van der Waals surface area (Å²) in [7, 11) is 0. The van der Waals surface area contributed by atoms with E-state index in [1.165, 1.54) is 0 Å². The Morgan fingerprint density at radius 3 is 2.48 bits per heavy atom. The van der Waals surface area contributed by atoms with Crippen LogP contribution in [-0.2, 0) is 9.59 Å². The summed E-state index contributed by atoms with van der Waals surface area (Å²) >= 11 is 1.56. The summed E-state index contributed by atoms with van der Waals surface area (Å²) in [6, 6.07) is -0.149. The molecule has 0 saturated heterocycles. The number of amides is 1. The second-order valence-corrected chi connectivity index (χ2v) is 6.64. The number of rotatable bonds is 4. The van der Waals surface area contributed by atoms with E-state index in [4.69, 9.17) is 0 Å².